The lowest BCUT2D eigenvalue weighted by molar-refractivity contribution is 0.732. The molecule has 3 N–H and O–H groups in total. The molecular weight excluding hydrogens is 216 g/mol. The van der Waals surface area contributed by atoms with Crippen molar-refractivity contribution < 1.29 is 0 Å². The molecule has 0 saturated carbocycles. The molecule has 1 aromatic heterocycles. The van der Waals surface area contributed by atoms with Crippen LogP contribution in [0.25, 0.3) is 10.9 Å². The summed E-state index contributed by atoms with van der Waals surface area (Å²) >= 11 is 1.90. The molecule has 3 heteroatoms. The largest absolute Gasteiger partial charge is 0.350 e. The van der Waals surface area contributed by atoms with Crippen LogP contribution in [0.4, 0.5) is 0 Å². The first kappa shape index (κ1) is 11.6. The lowest BCUT2D eigenvalue weighted by Crippen LogP contribution is -1.97. The van der Waals surface area contributed by atoms with Crippen LogP contribution in [-0.4, -0.2) is 17.3 Å². The first-order valence-electron chi connectivity index (χ1n) is 5.81. The first-order valence-corrected chi connectivity index (χ1v) is 6.79. The first-order chi connectivity index (χ1) is 7.90. The standard InChI is InChI=1S/C13H18N2S/c14-8-4-1-5-9-16-13-10-11-6-2-3-7-12(11)15-13/h2-3,6-7,10,15H,1,4-5,8-9,14H2. The van der Waals surface area contributed by atoms with Crippen molar-refractivity contribution in [2.75, 3.05) is 12.3 Å². The smallest absolute Gasteiger partial charge is 0.0732 e. The van der Waals surface area contributed by atoms with Gasteiger partial charge in [0.25, 0.3) is 0 Å². The maximum Gasteiger partial charge on any atom is 0.0732 e. The summed E-state index contributed by atoms with van der Waals surface area (Å²) in [6.45, 7) is 0.817. The summed E-state index contributed by atoms with van der Waals surface area (Å²) in [6.07, 6.45) is 3.63. The number of fused-ring (bicyclic) bond motifs is 1. The summed E-state index contributed by atoms with van der Waals surface area (Å²) in [6, 6.07) is 10.6. The molecule has 0 aliphatic rings. The van der Waals surface area contributed by atoms with Gasteiger partial charge < -0.3 is 10.7 Å². The molecule has 16 heavy (non-hydrogen) atoms. The minimum absolute atomic E-state index is 0.817. The minimum Gasteiger partial charge on any atom is -0.350 e. The van der Waals surface area contributed by atoms with Crippen molar-refractivity contribution >= 4 is 22.7 Å². The molecule has 2 rings (SSSR count). The van der Waals surface area contributed by atoms with E-state index in [2.05, 4.69) is 35.3 Å². The number of hydrogen-bond acceptors (Lipinski definition) is 2. The van der Waals surface area contributed by atoms with E-state index >= 15 is 0 Å². The topological polar surface area (TPSA) is 41.8 Å². The number of unbranched alkanes of at least 4 members (excludes halogenated alkanes) is 2. The Bertz CT molecular complexity index is 403. The highest BCUT2D eigenvalue weighted by atomic mass is 32.2. The maximum absolute atomic E-state index is 5.46. The van der Waals surface area contributed by atoms with Gasteiger partial charge in [0.2, 0.25) is 0 Å². The molecule has 86 valence electrons. The fraction of sp³-hybridized carbons (Fsp3) is 0.385. The number of rotatable bonds is 6. The van der Waals surface area contributed by atoms with E-state index < -0.39 is 0 Å². The second kappa shape index (κ2) is 5.97. The van der Waals surface area contributed by atoms with E-state index in [1.807, 2.05) is 11.8 Å². The van der Waals surface area contributed by atoms with Crippen LogP contribution in [0.5, 0.6) is 0 Å². The Morgan fingerprint density at radius 2 is 2.00 bits per heavy atom. The monoisotopic (exact) mass is 234 g/mol. The number of aromatic nitrogens is 1. The molecule has 2 aromatic rings. The highest BCUT2D eigenvalue weighted by molar-refractivity contribution is 7.99. The molecule has 0 amide bonds. The van der Waals surface area contributed by atoms with Crippen molar-refractivity contribution in [2.45, 2.75) is 24.3 Å². The van der Waals surface area contributed by atoms with E-state index in [-0.39, 0.29) is 0 Å². The maximum atomic E-state index is 5.46. The van der Waals surface area contributed by atoms with Gasteiger partial charge in [-0.25, -0.2) is 0 Å². The second-order valence-electron chi connectivity index (χ2n) is 3.92. The Hall–Kier alpha value is -0.930. The quantitative estimate of drug-likeness (QED) is 0.594. The van der Waals surface area contributed by atoms with Crippen molar-refractivity contribution in [1.82, 2.24) is 4.98 Å². The molecule has 0 atom stereocenters. The molecule has 0 unspecified atom stereocenters. The Kier molecular flexibility index (Phi) is 4.31. The van der Waals surface area contributed by atoms with E-state index in [9.17, 15) is 0 Å². The summed E-state index contributed by atoms with van der Waals surface area (Å²) in [4.78, 5) is 3.42. The van der Waals surface area contributed by atoms with Crippen molar-refractivity contribution in [2.24, 2.45) is 5.73 Å². The lowest BCUT2D eigenvalue weighted by Gasteiger charge is -1.98. The van der Waals surface area contributed by atoms with Crippen LogP contribution in [0.1, 0.15) is 19.3 Å². The highest BCUT2D eigenvalue weighted by Crippen LogP contribution is 2.23. The van der Waals surface area contributed by atoms with Crippen molar-refractivity contribution in [3.05, 3.63) is 30.3 Å². The molecular formula is C13H18N2S. The average molecular weight is 234 g/mol. The van der Waals surface area contributed by atoms with Gasteiger partial charge in [-0.05, 0) is 37.3 Å². The van der Waals surface area contributed by atoms with Crippen LogP contribution >= 0.6 is 11.8 Å². The zero-order valence-electron chi connectivity index (χ0n) is 9.41. The minimum atomic E-state index is 0.817. The predicted molar refractivity (Wildman–Crippen MR) is 71.9 cm³/mol. The number of H-pyrrole nitrogens is 1. The molecule has 1 heterocycles. The second-order valence-corrected chi connectivity index (χ2v) is 5.06. The van der Waals surface area contributed by atoms with E-state index in [0.717, 1.165) is 13.0 Å². The van der Waals surface area contributed by atoms with E-state index in [1.165, 1.54) is 34.5 Å². The molecule has 0 aliphatic carbocycles. The number of benzene rings is 1. The normalized spacial score (nSPS) is 11.1. The molecule has 2 nitrogen and oxygen atoms in total. The van der Waals surface area contributed by atoms with Crippen molar-refractivity contribution in [1.29, 1.82) is 0 Å². The third-order valence-corrected chi connectivity index (χ3v) is 3.63. The summed E-state index contributed by atoms with van der Waals surface area (Å²) in [5.41, 5.74) is 6.69. The van der Waals surface area contributed by atoms with E-state index in [0.29, 0.717) is 0 Å². The van der Waals surface area contributed by atoms with Gasteiger partial charge in [-0.3, -0.25) is 0 Å². The van der Waals surface area contributed by atoms with Crippen LogP contribution in [0, 0.1) is 0 Å². The number of aromatic amines is 1. The van der Waals surface area contributed by atoms with Gasteiger partial charge >= 0.3 is 0 Å². The van der Waals surface area contributed by atoms with Crippen LogP contribution in [-0.2, 0) is 0 Å². The van der Waals surface area contributed by atoms with E-state index in [1.54, 1.807) is 0 Å². The van der Waals surface area contributed by atoms with E-state index in [4.69, 9.17) is 5.73 Å². The van der Waals surface area contributed by atoms with Gasteiger partial charge in [0.1, 0.15) is 0 Å². The molecule has 0 spiro atoms. The third kappa shape index (κ3) is 3.03. The molecule has 0 aliphatic heterocycles. The van der Waals surface area contributed by atoms with Gasteiger partial charge in [0.05, 0.1) is 5.03 Å². The van der Waals surface area contributed by atoms with Gasteiger partial charge in [0, 0.05) is 10.9 Å². The fourth-order valence-electron chi connectivity index (χ4n) is 1.73. The van der Waals surface area contributed by atoms with Crippen molar-refractivity contribution in [3.8, 4) is 0 Å². The summed E-state index contributed by atoms with van der Waals surface area (Å²) in [7, 11) is 0. The van der Waals surface area contributed by atoms with Crippen LogP contribution < -0.4 is 5.73 Å². The SMILES string of the molecule is NCCCCCSc1cc2ccccc2[nH]1. The van der Waals surface area contributed by atoms with Gasteiger partial charge in [-0.1, -0.05) is 24.6 Å². The number of hydrogen-bond donors (Lipinski definition) is 2. The molecule has 0 saturated heterocycles. The summed E-state index contributed by atoms with van der Waals surface area (Å²) in [5, 5.41) is 2.57. The number of nitrogens with one attached hydrogen (secondary N) is 1. The third-order valence-electron chi connectivity index (χ3n) is 2.61. The highest BCUT2D eigenvalue weighted by Gasteiger charge is 1.99. The van der Waals surface area contributed by atoms with Gasteiger partial charge in [-0.2, -0.15) is 0 Å². The zero-order valence-corrected chi connectivity index (χ0v) is 10.2. The zero-order chi connectivity index (χ0) is 11.2. The fourth-order valence-corrected chi connectivity index (χ4v) is 2.69. The molecule has 0 bridgehead atoms. The van der Waals surface area contributed by atoms with Crippen molar-refractivity contribution in [3.63, 3.8) is 0 Å². The molecule has 1 aromatic carbocycles. The Balaban J connectivity index is 1.85. The number of nitrogens with two attached hydrogens (primary N) is 1. The number of thioether (sulfide) groups is 1. The summed E-state index contributed by atoms with van der Waals surface area (Å²) in [5.74, 6) is 1.17. The Morgan fingerprint density at radius 1 is 1.12 bits per heavy atom. The predicted octanol–water partition coefficient (Wildman–Crippen LogP) is 3.39. The number of para-hydroxylation sites is 1. The van der Waals surface area contributed by atoms with Gasteiger partial charge in [0.15, 0.2) is 0 Å². The average Bonchev–Trinajstić information content (AvgIpc) is 2.71. The molecule has 0 radical (unpaired) electrons. The van der Waals surface area contributed by atoms with Crippen LogP contribution in [0.2, 0.25) is 0 Å². The Labute approximate surface area is 101 Å². The Morgan fingerprint density at radius 3 is 2.81 bits per heavy atom. The van der Waals surface area contributed by atoms with Crippen LogP contribution in [0.3, 0.4) is 0 Å². The lowest BCUT2D eigenvalue weighted by atomic mass is 10.2. The van der Waals surface area contributed by atoms with Crippen LogP contribution in [0.15, 0.2) is 35.4 Å². The van der Waals surface area contributed by atoms with Gasteiger partial charge in [-0.15, -0.1) is 11.8 Å². The molecule has 0 fully saturated rings. The summed E-state index contributed by atoms with van der Waals surface area (Å²) < 4.78 is 0.